The zero-order valence-corrected chi connectivity index (χ0v) is 18.1. The van der Waals surface area contributed by atoms with Gasteiger partial charge in [0.05, 0.1) is 19.6 Å². The second kappa shape index (κ2) is 7.90. The first kappa shape index (κ1) is 20.6. The minimum Gasteiger partial charge on any atom is -0.466 e. The van der Waals surface area contributed by atoms with Crippen LogP contribution in [-0.2, 0) is 29.7 Å². The number of aromatic nitrogens is 5. The molecule has 31 heavy (non-hydrogen) atoms. The number of rotatable bonds is 6. The summed E-state index contributed by atoms with van der Waals surface area (Å²) in [7, 11) is 1.58. The monoisotopic (exact) mass is 423 g/mol. The molecule has 1 aromatic carbocycles. The molecule has 3 heterocycles. The fourth-order valence-electron chi connectivity index (χ4n) is 3.90. The zero-order valence-electron chi connectivity index (χ0n) is 18.1. The topological polar surface area (TPSA) is 92.5 Å². The molecular weight excluding hydrogens is 398 g/mol. The van der Waals surface area contributed by atoms with Crippen LogP contribution in [0.5, 0.6) is 0 Å². The van der Waals surface area contributed by atoms with Gasteiger partial charge in [-0.1, -0.05) is 30.3 Å². The molecule has 0 spiro atoms. The zero-order chi connectivity index (χ0) is 22.3. The number of fused-ring (bicyclic) bond motifs is 3. The summed E-state index contributed by atoms with van der Waals surface area (Å²) >= 11 is 0. The summed E-state index contributed by atoms with van der Waals surface area (Å²) in [6, 6.07) is 9.99. The lowest BCUT2D eigenvalue weighted by molar-refractivity contribution is -0.143. The predicted octanol–water partition coefficient (Wildman–Crippen LogP) is 1.77. The Bertz CT molecular complexity index is 1410. The van der Waals surface area contributed by atoms with Gasteiger partial charge in [0.2, 0.25) is 5.78 Å². The Hall–Kier alpha value is -3.62. The molecule has 3 aromatic heterocycles. The molecule has 9 nitrogen and oxygen atoms in total. The van der Waals surface area contributed by atoms with E-state index in [9.17, 15) is 14.4 Å². The molecule has 0 saturated heterocycles. The van der Waals surface area contributed by atoms with E-state index in [0.717, 1.165) is 21.5 Å². The van der Waals surface area contributed by atoms with Gasteiger partial charge in [-0.2, -0.15) is 4.98 Å². The number of aryl methyl sites for hydroxylation is 2. The van der Waals surface area contributed by atoms with E-state index in [4.69, 9.17) is 4.74 Å². The van der Waals surface area contributed by atoms with Gasteiger partial charge >= 0.3 is 11.7 Å². The lowest BCUT2D eigenvalue weighted by atomic mass is 10.2. The average molecular weight is 423 g/mol. The lowest BCUT2D eigenvalue weighted by Crippen LogP contribution is -2.40. The molecule has 0 fully saturated rings. The normalized spacial score (nSPS) is 11.5. The maximum absolute atomic E-state index is 13.3. The summed E-state index contributed by atoms with van der Waals surface area (Å²) in [5.74, 6) is 0.153. The van der Waals surface area contributed by atoms with Crippen LogP contribution in [0.2, 0.25) is 0 Å². The van der Waals surface area contributed by atoms with Crippen LogP contribution in [0.4, 0.5) is 0 Å². The average Bonchev–Trinajstić information content (AvgIpc) is 3.25. The van der Waals surface area contributed by atoms with E-state index in [1.165, 1.54) is 4.57 Å². The van der Waals surface area contributed by atoms with Crippen molar-refractivity contribution in [1.82, 2.24) is 23.1 Å². The molecular formula is C22H25N5O4. The summed E-state index contributed by atoms with van der Waals surface area (Å²) in [5, 5.41) is 0. The van der Waals surface area contributed by atoms with Gasteiger partial charge < -0.3 is 9.30 Å². The summed E-state index contributed by atoms with van der Waals surface area (Å²) in [6.07, 6.45) is -0.0521. The quantitative estimate of drug-likeness (QED) is 0.441. The van der Waals surface area contributed by atoms with Crippen LogP contribution >= 0.6 is 0 Å². The van der Waals surface area contributed by atoms with E-state index < -0.39 is 17.2 Å². The maximum atomic E-state index is 13.3. The van der Waals surface area contributed by atoms with Crippen molar-refractivity contribution in [3.05, 3.63) is 68.1 Å². The van der Waals surface area contributed by atoms with E-state index in [1.807, 2.05) is 48.7 Å². The van der Waals surface area contributed by atoms with Crippen molar-refractivity contribution in [2.24, 2.45) is 7.05 Å². The second-order valence-electron chi connectivity index (χ2n) is 7.52. The summed E-state index contributed by atoms with van der Waals surface area (Å²) < 4.78 is 11.2. The maximum Gasteiger partial charge on any atom is 0.332 e. The molecule has 0 N–H and O–H groups in total. The first-order valence-electron chi connectivity index (χ1n) is 10.2. The Kier molecular flexibility index (Phi) is 5.26. The van der Waals surface area contributed by atoms with Gasteiger partial charge in [-0.25, -0.2) is 4.79 Å². The number of ether oxygens (including phenoxy) is 1. The van der Waals surface area contributed by atoms with Crippen molar-refractivity contribution in [3.8, 4) is 0 Å². The molecule has 0 bridgehead atoms. The number of imidazole rings is 2. The summed E-state index contributed by atoms with van der Waals surface area (Å²) in [5.41, 5.74) is 2.65. The molecule has 9 heteroatoms. The molecule has 0 amide bonds. The van der Waals surface area contributed by atoms with E-state index in [-0.39, 0.29) is 19.6 Å². The van der Waals surface area contributed by atoms with Gasteiger partial charge in [0.1, 0.15) is 0 Å². The van der Waals surface area contributed by atoms with Crippen molar-refractivity contribution in [2.75, 3.05) is 6.61 Å². The third kappa shape index (κ3) is 3.35. The largest absolute Gasteiger partial charge is 0.466 e. The standard InChI is InChI=1S/C22H25N5O4/c1-5-31-17(28)11-12-25-20(29)18-19(24(4)22(25)30)23-21-26(14(2)15(3)27(18)21)13-16-9-7-6-8-10-16/h6-10H,5,11-13H2,1-4H3. The Morgan fingerprint density at radius 2 is 1.77 bits per heavy atom. The molecule has 4 rings (SSSR count). The van der Waals surface area contributed by atoms with Crippen LogP contribution in [0.3, 0.4) is 0 Å². The predicted molar refractivity (Wildman–Crippen MR) is 116 cm³/mol. The number of esters is 1. The summed E-state index contributed by atoms with van der Waals surface area (Å²) in [4.78, 5) is 42.5. The third-order valence-electron chi connectivity index (χ3n) is 5.66. The highest BCUT2D eigenvalue weighted by Gasteiger charge is 2.23. The SMILES string of the molecule is CCOC(=O)CCn1c(=O)c2c(nc3n(Cc4ccccc4)c(C)c(C)n23)n(C)c1=O. The molecule has 162 valence electrons. The smallest absolute Gasteiger partial charge is 0.332 e. The van der Waals surface area contributed by atoms with Crippen molar-refractivity contribution in [3.63, 3.8) is 0 Å². The van der Waals surface area contributed by atoms with Gasteiger partial charge in [-0.15, -0.1) is 0 Å². The Morgan fingerprint density at radius 3 is 2.45 bits per heavy atom. The second-order valence-corrected chi connectivity index (χ2v) is 7.52. The van der Waals surface area contributed by atoms with Crippen molar-refractivity contribution < 1.29 is 9.53 Å². The van der Waals surface area contributed by atoms with E-state index >= 15 is 0 Å². The van der Waals surface area contributed by atoms with E-state index in [2.05, 4.69) is 4.98 Å². The fourth-order valence-corrected chi connectivity index (χ4v) is 3.90. The molecule has 0 aliphatic carbocycles. The molecule has 0 aliphatic rings. The number of carbonyl (C=O) groups is 1. The highest BCUT2D eigenvalue weighted by molar-refractivity contribution is 5.76. The van der Waals surface area contributed by atoms with E-state index in [0.29, 0.717) is 23.5 Å². The molecule has 4 aromatic rings. The Labute approximate surface area is 178 Å². The van der Waals surface area contributed by atoms with E-state index in [1.54, 1.807) is 18.4 Å². The first-order chi connectivity index (χ1) is 14.8. The Balaban J connectivity index is 1.91. The highest BCUT2D eigenvalue weighted by atomic mass is 16.5. The lowest BCUT2D eigenvalue weighted by Gasteiger charge is -2.08. The van der Waals surface area contributed by atoms with Crippen LogP contribution in [0.25, 0.3) is 16.9 Å². The van der Waals surface area contributed by atoms with Gasteiger partial charge in [0.25, 0.3) is 5.56 Å². The summed E-state index contributed by atoms with van der Waals surface area (Å²) in [6.45, 7) is 6.43. The van der Waals surface area contributed by atoms with Crippen molar-refractivity contribution in [2.45, 2.75) is 40.3 Å². The number of hydrogen-bond donors (Lipinski definition) is 0. The minimum atomic E-state index is -0.508. The minimum absolute atomic E-state index is 0.0454. The number of hydrogen-bond acceptors (Lipinski definition) is 5. The molecule has 0 radical (unpaired) electrons. The highest BCUT2D eigenvalue weighted by Crippen LogP contribution is 2.21. The fraction of sp³-hybridized carbons (Fsp3) is 0.364. The van der Waals surface area contributed by atoms with Crippen LogP contribution < -0.4 is 11.2 Å². The number of nitrogens with zero attached hydrogens (tertiary/aromatic N) is 5. The van der Waals surface area contributed by atoms with Gasteiger partial charge in [0.15, 0.2) is 11.2 Å². The third-order valence-corrected chi connectivity index (χ3v) is 5.66. The van der Waals surface area contributed by atoms with Crippen LogP contribution in [-0.4, -0.2) is 35.7 Å². The van der Waals surface area contributed by atoms with Crippen molar-refractivity contribution in [1.29, 1.82) is 0 Å². The molecule has 0 aliphatic heterocycles. The molecule has 0 saturated carbocycles. The van der Waals surface area contributed by atoms with Gasteiger partial charge in [-0.05, 0) is 26.3 Å². The van der Waals surface area contributed by atoms with Crippen LogP contribution in [0.1, 0.15) is 30.3 Å². The molecule has 0 unspecified atom stereocenters. The first-order valence-corrected chi connectivity index (χ1v) is 10.2. The van der Waals surface area contributed by atoms with Gasteiger partial charge in [0, 0.05) is 25.0 Å². The van der Waals surface area contributed by atoms with Crippen molar-refractivity contribution >= 4 is 22.9 Å². The number of benzene rings is 1. The number of carbonyl (C=O) groups excluding carboxylic acids is 1. The molecule has 0 atom stereocenters. The Morgan fingerprint density at radius 1 is 1.06 bits per heavy atom. The van der Waals surface area contributed by atoms with Gasteiger partial charge in [-0.3, -0.25) is 23.1 Å². The van der Waals surface area contributed by atoms with Crippen LogP contribution in [0.15, 0.2) is 39.9 Å². The van der Waals surface area contributed by atoms with Crippen LogP contribution in [0, 0.1) is 13.8 Å².